The van der Waals surface area contributed by atoms with Crippen LogP contribution in [0.25, 0.3) is 0 Å². The van der Waals surface area contributed by atoms with Crippen LogP contribution in [-0.2, 0) is 16.6 Å². The molecule has 2 rings (SSSR count). The van der Waals surface area contributed by atoms with Crippen LogP contribution in [0, 0.1) is 0 Å². The van der Waals surface area contributed by atoms with Gasteiger partial charge in [-0.2, -0.15) is 8.42 Å². The topological polar surface area (TPSA) is 52.6 Å². The van der Waals surface area contributed by atoms with Crippen molar-refractivity contribution in [2.45, 2.75) is 6.42 Å². The highest BCUT2D eigenvalue weighted by Gasteiger charge is 2.13. The molecular formula is C10H11FO4S. The van der Waals surface area contributed by atoms with Crippen molar-refractivity contribution in [3.63, 3.8) is 0 Å². The minimum Gasteiger partial charge on any atom is -0.493 e. The number of fused-ring (bicyclic) bond motifs is 1. The molecule has 0 saturated heterocycles. The standard InChI is InChI=1S/C10H11FO4S/c11-16(12,13)6-5-14-9-2-1-8-3-4-15-10(8)7-9/h1-2,7H,3-6H2. The van der Waals surface area contributed by atoms with Gasteiger partial charge in [-0.25, -0.2) is 0 Å². The molecule has 0 fully saturated rings. The Balaban J connectivity index is 1.95. The van der Waals surface area contributed by atoms with Gasteiger partial charge in [-0.1, -0.05) is 6.07 Å². The van der Waals surface area contributed by atoms with E-state index in [9.17, 15) is 12.3 Å². The van der Waals surface area contributed by atoms with Crippen LogP contribution >= 0.6 is 0 Å². The third-order valence-corrected chi connectivity index (χ3v) is 2.92. The van der Waals surface area contributed by atoms with Gasteiger partial charge < -0.3 is 9.47 Å². The summed E-state index contributed by atoms with van der Waals surface area (Å²) in [6.45, 7) is 0.454. The van der Waals surface area contributed by atoms with Crippen LogP contribution in [0.4, 0.5) is 3.89 Å². The predicted molar refractivity (Wildman–Crippen MR) is 56.0 cm³/mol. The van der Waals surface area contributed by atoms with Crippen molar-refractivity contribution in [1.82, 2.24) is 0 Å². The lowest BCUT2D eigenvalue weighted by Crippen LogP contribution is -2.09. The Morgan fingerprint density at radius 1 is 1.44 bits per heavy atom. The number of benzene rings is 1. The highest BCUT2D eigenvalue weighted by atomic mass is 32.3. The molecule has 0 radical (unpaired) electrons. The molecule has 1 aliphatic heterocycles. The summed E-state index contributed by atoms with van der Waals surface area (Å²) < 4.78 is 43.1. The number of halogens is 1. The summed E-state index contributed by atoms with van der Waals surface area (Å²) in [6.07, 6.45) is 0.870. The van der Waals surface area contributed by atoms with Crippen LogP contribution in [0.2, 0.25) is 0 Å². The van der Waals surface area contributed by atoms with Crippen LogP contribution in [-0.4, -0.2) is 27.4 Å². The molecule has 0 spiro atoms. The van der Waals surface area contributed by atoms with E-state index in [4.69, 9.17) is 9.47 Å². The molecule has 16 heavy (non-hydrogen) atoms. The first-order chi connectivity index (χ1) is 7.54. The summed E-state index contributed by atoms with van der Waals surface area (Å²) >= 11 is 0. The fraction of sp³-hybridized carbons (Fsp3) is 0.400. The Morgan fingerprint density at radius 3 is 3.00 bits per heavy atom. The number of rotatable bonds is 4. The molecule has 1 aromatic rings. The molecule has 0 aromatic heterocycles. The lowest BCUT2D eigenvalue weighted by atomic mass is 10.2. The Hall–Kier alpha value is -1.30. The van der Waals surface area contributed by atoms with Crippen molar-refractivity contribution in [3.05, 3.63) is 23.8 Å². The summed E-state index contributed by atoms with van der Waals surface area (Å²) in [4.78, 5) is 0. The molecule has 6 heteroatoms. The van der Waals surface area contributed by atoms with Crippen molar-refractivity contribution in [2.75, 3.05) is 19.0 Å². The minimum absolute atomic E-state index is 0.197. The SMILES string of the molecule is O=S(=O)(F)CCOc1ccc2c(c1)OCC2. The van der Waals surface area contributed by atoms with Gasteiger partial charge in [-0.15, -0.1) is 3.89 Å². The van der Waals surface area contributed by atoms with Crippen molar-refractivity contribution in [3.8, 4) is 11.5 Å². The Labute approximate surface area is 93.2 Å². The number of hydrogen-bond acceptors (Lipinski definition) is 4. The van der Waals surface area contributed by atoms with Gasteiger partial charge >= 0.3 is 10.2 Å². The molecule has 4 nitrogen and oxygen atoms in total. The molecule has 1 heterocycles. The van der Waals surface area contributed by atoms with E-state index < -0.39 is 16.0 Å². The number of ether oxygens (including phenoxy) is 2. The van der Waals surface area contributed by atoms with Crippen molar-refractivity contribution < 1.29 is 21.8 Å². The lowest BCUT2D eigenvalue weighted by molar-refractivity contribution is 0.330. The lowest BCUT2D eigenvalue weighted by Gasteiger charge is -2.06. The first-order valence-corrected chi connectivity index (χ1v) is 6.41. The van der Waals surface area contributed by atoms with Gasteiger partial charge in [0.25, 0.3) is 0 Å². The monoisotopic (exact) mass is 246 g/mol. The molecule has 0 atom stereocenters. The molecule has 88 valence electrons. The van der Waals surface area contributed by atoms with Crippen molar-refractivity contribution >= 4 is 10.2 Å². The van der Waals surface area contributed by atoms with Gasteiger partial charge in [0.1, 0.15) is 23.9 Å². The zero-order valence-corrected chi connectivity index (χ0v) is 9.30. The van der Waals surface area contributed by atoms with Crippen LogP contribution in [0.15, 0.2) is 18.2 Å². The van der Waals surface area contributed by atoms with Crippen LogP contribution in [0.3, 0.4) is 0 Å². The minimum atomic E-state index is -4.46. The van der Waals surface area contributed by atoms with E-state index in [1.165, 1.54) is 0 Å². The molecule has 0 amide bonds. The first-order valence-electron chi connectivity index (χ1n) is 4.85. The summed E-state index contributed by atoms with van der Waals surface area (Å²) in [6, 6.07) is 5.27. The zero-order chi connectivity index (χ0) is 11.6. The smallest absolute Gasteiger partial charge is 0.305 e. The average Bonchev–Trinajstić information content (AvgIpc) is 2.62. The average molecular weight is 246 g/mol. The third kappa shape index (κ3) is 2.85. The zero-order valence-electron chi connectivity index (χ0n) is 8.48. The molecule has 0 bridgehead atoms. The van der Waals surface area contributed by atoms with Gasteiger partial charge in [0.15, 0.2) is 0 Å². The van der Waals surface area contributed by atoms with E-state index in [-0.39, 0.29) is 6.61 Å². The van der Waals surface area contributed by atoms with Crippen LogP contribution in [0.5, 0.6) is 11.5 Å². The van der Waals surface area contributed by atoms with Gasteiger partial charge in [0, 0.05) is 12.5 Å². The molecule has 0 unspecified atom stereocenters. The van der Waals surface area contributed by atoms with Gasteiger partial charge in [0.2, 0.25) is 0 Å². The summed E-state index contributed by atoms with van der Waals surface area (Å²) in [5, 5.41) is 0. The number of hydrogen-bond donors (Lipinski definition) is 0. The first kappa shape index (κ1) is 11.2. The van der Waals surface area contributed by atoms with Gasteiger partial charge in [-0.05, 0) is 11.6 Å². The van der Waals surface area contributed by atoms with Crippen molar-refractivity contribution in [2.24, 2.45) is 0 Å². The van der Waals surface area contributed by atoms with Gasteiger partial charge in [-0.3, -0.25) is 0 Å². The van der Waals surface area contributed by atoms with E-state index in [0.717, 1.165) is 17.7 Å². The molecule has 0 saturated carbocycles. The predicted octanol–water partition coefficient (Wildman–Crippen LogP) is 1.30. The Morgan fingerprint density at radius 2 is 2.25 bits per heavy atom. The molecule has 0 aliphatic carbocycles. The summed E-state index contributed by atoms with van der Waals surface area (Å²) in [5.74, 6) is 0.607. The second-order valence-electron chi connectivity index (χ2n) is 3.46. The van der Waals surface area contributed by atoms with E-state index >= 15 is 0 Å². The highest BCUT2D eigenvalue weighted by molar-refractivity contribution is 7.86. The maximum atomic E-state index is 12.2. The quantitative estimate of drug-likeness (QED) is 0.751. The Bertz CT molecular complexity index is 484. The fourth-order valence-electron chi connectivity index (χ4n) is 1.50. The van der Waals surface area contributed by atoms with Crippen molar-refractivity contribution in [1.29, 1.82) is 0 Å². The normalized spacial score (nSPS) is 14.3. The van der Waals surface area contributed by atoms with E-state index in [2.05, 4.69) is 0 Å². The molecule has 1 aliphatic rings. The largest absolute Gasteiger partial charge is 0.493 e. The fourth-order valence-corrected chi connectivity index (χ4v) is 1.78. The highest BCUT2D eigenvalue weighted by Crippen LogP contribution is 2.29. The summed E-state index contributed by atoms with van der Waals surface area (Å²) in [7, 11) is -4.46. The summed E-state index contributed by atoms with van der Waals surface area (Å²) in [5.41, 5.74) is 1.10. The molecule has 1 aromatic carbocycles. The van der Waals surface area contributed by atoms with E-state index in [1.54, 1.807) is 12.1 Å². The molecular weight excluding hydrogens is 235 g/mol. The Kier molecular flexibility index (Phi) is 3.00. The van der Waals surface area contributed by atoms with Gasteiger partial charge in [0.05, 0.1) is 6.61 Å². The van der Waals surface area contributed by atoms with E-state index in [0.29, 0.717) is 12.4 Å². The maximum Gasteiger partial charge on any atom is 0.305 e. The second-order valence-corrected chi connectivity index (χ2v) is 4.95. The van der Waals surface area contributed by atoms with Crippen LogP contribution in [0.1, 0.15) is 5.56 Å². The second kappa shape index (κ2) is 4.29. The van der Waals surface area contributed by atoms with E-state index in [1.807, 2.05) is 6.07 Å². The third-order valence-electron chi connectivity index (χ3n) is 2.26. The van der Waals surface area contributed by atoms with Crippen LogP contribution < -0.4 is 9.47 Å². The molecule has 0 N–H and O–H groups in total. The maximum absolute atomic E-state index is 12.2.